The lowest BCUT2D eigenvalue weighted by Gasteiger charge is -2.10. The summed E-state index contributed by atoms with van der Waals surface area (Å²) in [6.07, 6.45) is 4.08. The van der Waals surface area contributed by atoms with Crippen LogP contribution in [0.4, 0.5) is 0 Å². The van der Waals surface area contributed by atoms with Crippen molar-refractivity contribution in [3.63, 3.8) is 0 Å². The molecule has 0 aliphatic heterocycles. The fourth-order valence-electron chi connectivity index (χ4n) is 2.00. The van der Waals surface area contributed by atoms with Crippen LogP contribution in [0, 0.1) is 6.92 Å². The molecule has 0 aliphatic carbocycles. The molecule has 0 amide bonds. The van der Waals surface area contributed by atoms with Gasteiger partial charge >= 0.3 is 0 Å². The number of rotatable bonds is 5. The second-order valence-electron chi connectivity index (χ2n) is 4.60. The van der Waals surface area contributed by atoms with Crippen molar-refractivity contribution in [2.75, 3.05) is 0 Å². The molecule has 0 bridgehead atoms. The van der Waals surface area contributed by atoms with E-state index in [0.29, 0.717) is 12.1 Å². The lowest BCUT2D eigenvalue weighted by atomic mass is 10.1. The lowest BCUT2D eigenvalue weighted by molar-refractivity contribution is 0.170. The van der Waals surface area contributed by atoms with Gasteiger partial charge in [0.15, 0.2) is 0 Å². The molecule has 1 N–H and O–H groups in total. The minimum Gasteiger partial charge on any atom is -0.386 e. The molecule has 5 heteroatoms. The van der Waals surface area contributed by atoms with Crippen LogP contribution in [0.3, 0.4) is 0 Å². The Balaban J connectivity index is 2.15. The SMILES string of the molecule is CCc1cc(CC(O)c2cnc(C)cn2)n(CC)n1. The van der Waals surface area contributed by atoms with E-state index in [1.54, 1.807) is 12.4 Å². The first-order valence-electron chi connectivity index (χ1n) is 6.66. The predicted molar refractivity (Wildman–Crippen MR) is 72.7 cm³/mol. The maximum atomic E-state index is 10.2. The molecule has 1 atom stereocenters. The summed E-state index contributed by atoms with van der Waals surface area (Å²) in [6.45, 7) is 6.81. The van der Waals surface area contributed by atoms with Crippen molar-refractivity contribution in [1.29, 1.82) is 0 Å². The zero-order valence-corrected chi connectivity index (χ0v) is 11.7. The van der Waals surface area contributed by atoms with Crippen LogP contribution < -0.4 is 0 Å². The largest absolute Gasteiger partial charge is 0.386 e. The summed E-state index contributed by atoms with van der Waals surface area (Å²) < 4.78 is 1.93. The molecule has 0 saturated heterocycles. The molecule has 5 nitrogen and oxygen atoms in total. The van der Waals surface area contributed by atoms with Crippen molar-refractivity contribution >= 4 is 0 Å². The predicted octanol–water partition coefficient (Wildman–Crippen LogP) is 1.84. The average Bonchev–Trinajstić information content (AvgIpc) is 2.81. The van der Waals surface area contributed by atoms with E-state index >= 15 is 0 Å². The van der Waals surface area contributed by atoms with E-state index in [9.17, 15) is 5.11 Å². The van der Waals surface area contributed by atoms with Crippen molar-refractivity contribution in [3.8, 4) is 0 Å². The van der Waals surface area contributed by atoms with E-state index in [4.69, 9.17) is 0 Å². The third kappa shape index (κ3) is 3.17. The highest BCUT2D eigenvalue weighted by Gasteiger charge is 2.14. The lowest BCUT2D eigenvalue weighted by Crippen LogP contribution is -2.10. The Labute approximate surface area is 113 Å². The molecule has 0 saturated carbocycles. The van der Waals surface area contributed by atoms with Crippen molar-refractivity contribution < 1.29 is 5.11 Å². The van der Waals surface area contributed by atoms with E-state index in [0.717, 1.165) is 30.0 Å². The van der Waals surface area contributed by atoms with E-state index in [1.165, 1.54) is 0 Å². The topological polar surface area (TPSA) is 63.8 Å². The molecule has 0 aliphatic rings. The summed E-state index contributed by atoms with van der Waals surface area (Å²) in [4.78, 5) is 8.38. The van der Waals surface area contributed by atoms with Gasteiger partial charge in [-0.3, -0.25) is 14.6 Å². The van der Waals surface area contributed by atoms with E-state index in [2.05, 4.69) is 22.0 Å². The fraction of sp³-hybridized carbons (Fsp3) is 0.500. The smallest absolute Gasteiger partial charge is 0.103 e. The molecule has 1 unspecified atom stereocenters. The first-order valence-corrected chi connectivity index (χ1v) is 6.66. The van der Waals surface area contributed by atoms with Crippen molar-refractivity contribution in [2.24, 2.45) is 0 Å². The van der Waals surface area contributed by atoms with Crippen molar-refractivity contribution in [2.45, 2.75) is 46.3 Å². The number of hydrogen-bond acceptors (Lipinski definition) is 4. The summed E-state index contributed by atoms with van der Waals surface area (Å²) >= 11 is 0. The van der Waals surface area contributed by atoms with Gasteiger partial charge in [0.05, 0.1) is 23.3 Å². The van der Waals surface area contributed by atoms with Gasteiger partial charge in [-0.25, -0.2) is 0 Å². The molecule has 2 heterocycles. The first kappa shape index (κ1) is 13.7. The maximum Gasteiger partial charge on any atom is 0.103 e. The van der Waals surface area contributed by atoms with Crippen LogP contribution in [-0.2, 0) is 19.4 Å². The van der Waals surface area contributed by atoms with Gasteiger partial charge in [-0.05, 0) is 26.3 Å². The minimum absolute atomic E-state index is 0.512. The molecule has 0 aromatic carbocycles. The van der Waals surface area contributed by atoms with Crippen LogP contribution in [-0.4, -0.2) is 24.9 Å². The summed E-state index contributed by atoms with van der Waals surface area (Å²) in [7, 11) is 0. The van der Waals surface area contributed by atoms with E-state index < -0.39 is 6.10 Å². The fourth-order valence-corrected chi connectivity index (χ4v) is 2.00. The van der Waals surface area contributed by atoms with Crippen molar-refractivity contribution in [3.05, 3.63) is 41.2 Å². The normalized spacial score (nSPS) is 12.6. The number of aromatic nitrogens is 4. The van der Waals surface area contributed by atoms with Gasteiger partial charge in [0.1, 0.15) is 6.10 Å². The standard InChI is InChI=1S/C14H20N4O/c1-4-11-6-12(18(5-2)17-11)7-14(19)13-9-15-10(3)8-16-13/h6,8-9,14,19H,4-5,7H2,1-3H3. The summed E-state index contributed by atoms with van der Waals surface area (Å²) in [6, 6.07) is 2.05. The van der Waals surface area contributed by atoms with Gasteiger partial charge in [0.2, 0.25) is 0 Å². The molecule has 2 aromatic rings. The van der Waals surface area contributed by atoms with Crippen LogP contribution >= 0.6 is 0 Å². The second kappa shape index (κ2) is 5.93. The van der Waals surface area contributed by atoms with Crippen LogP contribution in [0.25, 0.3) is 0 Å². The third-order valence-electron chi connectivity index (χ3n) is 3.12. The molecule has 2 rings (SSSR count). The quantitative estimate of drug-likeness (QED) is 0.891. The maximum absolute atomic E-state index is 10.2. The summed E-state index contributed by atoms with van der Waals surface area (Å²) in [5.74, 6) is 0. The summed E-state index contributed by atoms with van der Waals surface area (Å²) in [5.41, 5.74) is 3.54. The molecule has 2 aromatic heterocycles. The monoisotopic (exact) mass is 260 g/mol. The van der Waals surface area contributed by atoms with Crippen LogP contribution in [0.1, 0.15) is 42.7 Å². The van der Waals surface area contributed by atoms with Gasteiger partial charge in [0.25, 0.3) is 0 Å². The zero-order chi connectivity index (χ0) is 13.8. The molecular weight excluding hydrogens is 240 g/mol. The highest BCUT2D eigenvalue weighted by molar-refractivity contribution is 5.14. The minimum atomic E-state index is -0.639. The van der Waals surface area contributed by atoms with E-state index in [1.807, 2.05) is 24.6 Å². The Bertz CT molecular complexity index is 533. The highest BCUT2D eigenvalue weighted by atomic mass is 16.3. The molecule has 102 valence electrons. The number of aryl methyl sites for hydroxylation is 3. The number of nitrogens with zero attached hydrogens (tertiary/aromatic N) is 4. The van der Waals surface area contributed by atoms with Crippen molar-refractivity contribution in [1.82, 2.24) is 19.7 Å². The summed E-state index contributed by atoms with van der Waals surface area (Å²) in [5, 5.41) is 14.7. The molecule has 0 spiro atoms. The Morgan fingerprint density at radius 1 is 1.26 bits per heavy atom. The average molecular weight is 260 g/mol. The number of hydrogen-bond donors (Lipinski definition) is 1. The highest BCUT2D eigenvalue weighted by Crippen LogP contribution is 2.17. The van der Waals surface area contributed by atoms with E-state index in [-0.39, 0.29) is 0 Å². The van der Waals surface area contributed by atoms with Crippen LogP contribution in [0.15, 0.2) is 18.5 Å². The Kier molecular flexibility index (Phi) is 4.27. The zero-order valence-electron chi connectivity index (χ0n) is 11.7. The number of aliphatic hydroxyl groups excluding tert-OH is 1. The van der Waals surface area contributed by atoms with Gasteiger partial charge in [-0.15, -0.1) is 0 Å². The van der Waals surface area contributed by atoms with Gasteiger partial charge in [-0.2, -0.15) is 5.10 Å². The second-order valence-corrected chi connectivity index (χ2v) is 4.60. The van der Waals surface area contributed by atoms with Gasteiger partial charge in [0, 0.05) is 24.9 Å². The van der Waals surface area contributed by atoms with Gasteiger partial charge < -0.3 is 5.11 Å². The van der Waals surface area contributed by atoms with Crippen LogP contribution in [0.5, 0.6) is 0 Å². The Morgan fingerprint density at radius 2 is 2.05 bits per heavy atom. The van der Waals surface area contributed by atoms with Crippen LogP contribution in [0.2, 0.25) is 0 Å². The number of aliphatic hydroxyl groups is 1. The molecule has 19 heavy (non-hydrogen) atoms. The molecular formula is C14H20N4O. The Hall–Kier alpha value is -1.75. The first-order chi connectivity index (χ1) is 9.13. The molecule has 0 radical (unpaired) electrons. The third-order valence-corrected chi connectivity index (χ3v) is 3.12. The van der Waals surface area contributed by atoms with Gasteiger partial charge in [-0.1, -0.05) is 6.92 Å². The Morgan fingerprint density at radius 3 is 2.63 bits per heavy atom. The molecule has 0 fully saturated rings.